The van der Waals surface area contributed by atoms with Crippen LogP contribution in [0.5, 0.6) is 0 Å². The van der Waals surface area contributed by atoms with Gasteiger partial charge in [-0.3, -0.25) is 9.78 Å². The first kappa shape index (κ1) is 13.2. The quantitative estimate of drug-likeness (QED) is 0.827. The predicted octanol–water partition coefficient (Wildman–Crippen LogP) is 1.21. The van der Waals surface area contributed by atoms with Crippen LogP contribution in [0.3, 0.4) is 0 Å². The van der Waals surface area contributed by atoms with E-state index in [2.05, 4.69) is 15.0 Å². The fourth-order valence-corrected chi connectivity index (χ4v) is 1.63. The van der Waals surface area contributed by atoms with Gasteiger partial charge in [-0.15, -0.1) is 0 Å². The molecule has 2 heterocycles. The fraction of sp³-hybridized carbons (Fsp3) is 0.385. The summed E-state index contributed by atoms with van der Waals surface area (Å²) in [5.41, 5.74) is 0.660. The minimum absolute atomic E-state index is 0.0399. The summed E-state index contributed by atoms with van der Waals surface area (Å²) in [6.45, 7) is 4.21. The molecule has 0 bridgehead atoms. The van der Waals surface area contributed by atoms with Crippen molar-refractivity contribution in [3.63, 3.8) is 0 Å². The van der Waals surface area contributed by atoms with Crippen molar-refractivity contribution >= 4 is 5.91 Å². The molecule has 100 valence electrons. The maximum absolute atomic E-state index is 12.1. The predicted molar refractivity (Wildman–Crippen MR) is 71.2 cm³/mol. The standard InChI is InChI=1S/C13H17N5O/c1-10(2)17(3)12(19)9-18-7-6-16-13(18)11-8-14-4-5-15-11/h4-8,10H,9H2,1-3H3. The van der Waals surface area contributed by atoms with Crippen molar-refractivity contribution < 1.29 is 4.79 Å². The van der Waals surface area contributed by atoms with Crippen molar-refractivity contribution in [1.82, 2.24) is 24.4 Å². The van der Waals surface area contributed by atoms with Gasteiger partial charge in [0.25, 0.3) is 0 Å². The Hall–Kier alpha value is -2.24. The maximum atomic E-state index is 12.1. The zero-order valence-corrected chi connectivity index (χ0v) is 11.3. The molecule has 6 nitrogen and oxygen atoms in total. The minimum atomic E-state index is 0.0399. The van der Waals surface area contributed by atoms with Crippen molar-refractivity contribution in [2.45, 2.75) is 26.4 Å². The number of imidazole rings is 1. The highest BCUT2D eigenvalue weighted by Gasteiger charge is 2.15. The monoisotopic (exact) mass is 259 g/mol. The molecule has 2 aromatic heterocycles. The Bertz CT molecular complexity index is 549. The van der Waals surface area contributed by atoms with E-state index in [0.29, 0.717) is 11.5 Å². The van der Waals surface area contributed by atoms with Gasteiger partial charge in [0.2, 0.25) is 5.91 Å². The van der Waals surface area contributed by atoms with E-state index in [0.717, 1.165) is 0 Å². The minimum Gasteiger partial charge on any atom is -0.342 e. The molecule has 0 aliphatic carbocycles. The topological polar surface area (TPSA) is 63.9 Å². The van der Waals surface area contributed by atoms with Gasteiger partial charge >= 0.3 is 0 Å². The van der Waals surface area contributed by atoms with Crippen LogP contribution in [0.25, 0.3) is 11.5 Å². The van der Waals surface area contributed by atoms with Crippen LogP contribution in [-0.2, 0) is 11.3 Å². The molecular weight excluding hydrogens is 242 g/mol. The lowest BCUT2D eigenvalue weighted by Gasteiger charge is -2.21. The average Bonchev–Trinajstić information content (AvgIpc) is 2.86. The normalized spacial score (nSPS) is 10.7. The van der Waals surface area contributed by atoms with Crippen LogP contribution < -0.4 is 0 Å². The molecule has 0 aliphatic heterocycles. The molecule has 0 aromatic carbocycles. The maximum Gasteiger partial charge on any atom is 0.242 e. The summed E-state index contributed by atoms with van der Waals surface area (Å²) >= 11 is 0. The van der Waals surface area contributed by atoms with Gasteiger partial charge in [0.1, 0.15) is 12.2 Å². The SMILES string of the molecule is CC(C)N(C)C(=O)Cn1ccnc1-c1cnccn1. The highest BCUT2D eigenvalue weighted by molar-refractivity contribution is 5.76. The third-order valence-corrected chi connectivity index (χ3v) is 2.98. The number of amides is 1. The number of carbonyl (C=O) groups excluding carboxylic acids is 1. The van der Waals surface area contributed by atoms with Crippen molar-refractivity contribution in [1.29, 1.82) is 0 Å². The Kier molecular flexibility index (Phi) is 3.89. The molecule has 1 amide bonds. The zero-order chi connectivity index (χ0) is 13.8. The van der Waals surface area contributed by atoms with Gasteiger partial charge in [0, 0.05) is 37.9 Å². The summed E-state index contributed by atoms with van der Waals surface area (Å²) < 4.78 is 1.78. The zero-order valence-electron chi connectivity index (χ0n) is 11.3. The third-order valence-electron chi connectivity index (χ3n) is 2.98. The van der Waals surface area contributed by atoms with E-state index in [9.17, 15) is 4.79 Å². The van der Waals surface area contributed by atoms with Crippen LogP contribution in [0, 0.1) is 0 Å². The number of likely N-dealkylation sites (N-methyl/N-ethyl adjacent to an activating group) is 1. The molecule has 0 unspecified atom stereocenters. The van der Waals surface area contributed by atoms with Gasteiger partial charge in [0.15, 0.2) is 5.82 Å². The average molecular weight is 259 g/mol. The van der Waals surface area contributed by atoms with Crippen LogP contribution >= 0.6 is 0 Å². The van der Waals surface area contributed by atoms with E-state index in [4.69, 9.17) is 0 Å². The van der Waals surface area contributed by atoms with Gasteiger partial charge in [0.05, 0.1) is 6.20 Å². The highest BCUT2D eigenvalue weighted by Crippen LogP contribution is 2.13. The molecule has 0 fully saturated rings. The molecule has 0 saturated heterocycles. The molecule has 6 heteroatoms. The van der Waals surface area contributed by atoms with Gasteiger partial charge in [-0.25, -0.2) is 9.97 Å². The van der Waals surface area contributed by atoms with Gasteiger partial charge < -0.3 is 9.47 Å². The van der Waals surface area contributed by atoms with Crippen molar-refractivity contribution in [3.8, 4) is 11.5 Å². The molecule has 0 N–H and O–H groups in total. The molecule has 0 atom stereocenters. The van der Waals surface area contributed by atoms with Crippen LogP contribution in [0.2, 0.25) is 0 Å². The fourth-order valence-electron chi connectivity index (χ4n) is 1.63. The van der Waals surface area contributed by atoms with E-state index in [1.807, 2.05) is 13.8 Å². The number of hydrogen-bond donors (Lipinski definition) is 0. The molecule has 0 spiro atoms. The Balaban J connectivity index is 2.20. The second kappa shape index (κ2) is 5.60. The molecule has 2 aromatic rings. The first-order valence-corrected chi connectivity index (χ1v) is 6.12. The van der Waals surface area contributed by atoms with Crippen molar-refractivity contribution in [3.05, 3.63) is 31.0 Å². The summed E-state index contributed by atoms with van der Waals surface area (Å²) in [6.07, 6.45) is 8.28. The first-order chi connectivity index (χ1) is 9.09. The third kappa shape index (κ3) is 2.96. The lowest BCUT2D eigenvalue weighted by Crippen LogP contribution is -2.35. The summed E-state index contributed by atoms with van der Waals surface area (Å²) in [4.78, 5) is 26.2. The van der Waals surface area contributed by atoms with Crippen LogP contribution in [-0.4, -0.2) is 43.4 Å². The molecule has 0 saturated carbocycles. The Morgan fingerprint density at radius 2 is 2.11 bits per heavy atom. The second-order valence-electron chi connectivity index (χ2n) is 4.57. The summed E-state index contributed by atoms with van der Waals surface area (Å²) in [7, 11) is 1.80. The Morgan fingerprint density at radius 1 is 1.32 bits per heavy atom. The lowest BCUT2D eigenvalue weighted by molar-refractivity contribution is -0.131. The van der Waals surface area contributed by atoms with Gasteiger partial charge in [-0.1, -0.05) is 0 Å². The molecule has 0 aliphatic rings. The van der Waals surface area contributed by atoms with Gasteiger partial charge in [-0.05, 0) is 13.8 Å². The summed E-state index contributed by atoms with van der Waals surface area (Å²) in [5, 5.41) is 0. The molecule has 2 rings (SSSR count). The number of nitrogens with zero attached hydrogens (tertiary/aromatic N) is 5. The number of hydrogen-bond acceptors (Lipinski definition) is 4. The lowest BCUT2D eigenvalue weighted by atomic mass is 10.3. The number of aromatic nitrogens is 4. The molecule has 19 heavy (non-hydrogen) atoms. The van der Waals surface area contributed by atoms with E-state index in [1.165, 1.54) is 0 Å². The van der Waals surface area contributed by atoms with E-state index in [1.54, 1.807) is 47.5 Å². The van der Waals surface area contributed by atoms with Crippen LogP contribution in [0.4, 0.5) is 0 Å². The molecule has 0 radical (unpaired) electrons. The Morgan fingerprint density at radius 3 is 2.74 bits per heavy atom. The first-order valence-electron chi connectivity index (χ1n) is 6.12. The Labute approximate surface area is 112 Å². The smallest absolute Gasteiger partial charge is 0.242 e. The summed E-state index contributed by atoms with van der Waals surface area (Å²) in [6, 6.07) is 0.177. The number of rotatable bonds is 4. The van der Waals surface area contributed by atoms with Crippen molar-refractivity contribution in [2.24, 2.45) is 0 Å². The van der Waals surface area contributed by atoms with Crippen LogP contribution in [0.15, 0.2) is 31.0 Å². The van der Waals surface area contributed by atoms with E-state index in [-0.39, 0.29) is 18.5 Å². The largest absolute Gasteiger partial charge is 0.342 e. The second-order valence-corrected chi connectivity index (χ2v) is 4.57. The van der Waals surface area contributed by atoms with E-state index < -0.39 is 0 Å². The highest BCUT2D eigenvalue weighted by atomic mass is 16.2. The molecular formula is C13H17N5O. The van der Waals surface area contributed by atoms with Crippen LogP contribution in [0.1, 0.15) is 13.8 Å². The number of carbonyl (C=O) groups is 1. The van der Waals surface area contributed by atoms with E-state index >= 15 is 0 Å². The summed E-state index contributed by atoms with van der Waals surface area (Å²) in [5.74, 6) is 0.691. The van der Waals surface area contributed by atoms with Gasteiger partial charge in [-0.2, -0.15) is 0 Å². The van der Waals surface area contributed by atoms with Crippen molar-refractivity contribution in [2.75, 3.05) is 7.05 Å².